The van der Waals surface area contributed by atoms with Gasteiger partial charge in [0.1, 0.15) is 5.75 Å². The lowest BCUT2D eigenvalue weighted by Gasteiger charge is -2.24. The van der Waals surface area contributed by atoms with Gasteiger partial charge < -0.3 is 5.11 Å². The van der Waals surface area contributed by atoms with Crippen LogP contribution in [0, 0.1) is 6.92 Å². The van der Waals surface area contributed by atoms with E-state index in [1.54, 1.807) is 6.07 Å². The van der Waals surface area contributed by atoms with Gasteiger partial charge >= 0.3 is 0 Å². The van der Waals surface area contributed by atoms with E-state index in [1.807, 2.05) is 48.9 Å². The number of aliphatic imine (C=N–C) groups is 1. The van der Waals surface area contributed by atoms with Gasteiger partial charge in [-0.25, -0.2) is 9.67 Å². The van der Waals surface area contributed by atoms with Crippen molar-refractivity contribution in [1.29, 1.82) is 0 Å². The molecule has 2 aromatic carbocycles. The lowest BCUT2D eigenvalue weighted by Crippen LogP contribution is -2.19. The molecule has 1 unspecified atom stereocenters. The summed E-state index contributed by atoms with van der Waals surface area (Å²) in [5, 5.41) is 15.1. The summed E-state index contributed by atoms with van der Waals surface area (Å²) in [5.74, 6) is 1.16. The van der Waals surface area contributed by atoms with E-state index >= 15 is 0 Å². The van der Waals surface area contributed by atoms with E-state index in [1.165, 1.54) is 0 Å². The third kappa shape index (κ3) is 2.78. The van der Waals surface area contributed by atoms with Crippen LogP contribution in [0.2, 0.25) is 0 Å². The zero-order chi connectivity index (χ0) is 17.6. The molecule has 0 saturated carbocycles. The fourth-order valence-corrected chi connectivity index (χ4v) is 3.68. The Morgan fingerprint density at radius 3 is 2.52 bits per heavy atom. The number of aryl methyl sites for hydroxylation is 1. The molecule has 3 aromatic rings. The molecule has 4 rings (SSSR count). The molecule has 5 heteroatoms. The number of phenols is 1. The van der Waals surface area contributed by atoms with Crippen LogP contribution in [0.4, 0.5) is 5.82 Å². The van der Waals surface area contributed by atoms with Crippen molar-refractivity contribution in [2.24, 2.45) is 4.99 Å². The third-order valence-electron chi connectivity index (χ3n) is 4.57. The number of nitrogens with zero attached hydrogens (tertiary/aromatic N) is 3. The largest absolute Gasteiger partial charge is 0.508 e. The first-order valence-corrected chi connectivity index (χ1v) is 9.01. The lowest BCUT2D eigenvalue weighted by molar-refractivity contribution is 0.443. The average molecular weight is 396 g/mol. The standard InChI is InChI=1S/C20H18BrN3O/c1-12-11-17(16-5-3-4-6-18(16)25)24-20(22-12)19(13(2)23-24)14-7-9-15(21)10-8-14/h3-10,17,25H,11H2,1-2H3. The Balaban J connectivity index is 1.90. The number of halogens is 1. The van der Waals surface area contributed by atoms with Gasteiger partial charge in [0, 0.05) is 27.7 Å². The second-order valence-electron chi connectivity index (χ2n) is 6.36. The van der Waals surface area contributed by atoms with Gasteiger partial charge in [0.05, 0.1) is 11.7 Å². The first-order chi connectivity index (χ1) is 12.0. The van der Waals surface area contributed by atoms with Gasteiger partial charge in [-0.3, -0.25) is 0 Å². The summed E-state index contributed by atoms with van der Waals surface area (Å²) in [4.78, 5) is 4.79. The van der Waals surface area contributed by atoms with E-state index in [0.29, 0.717) is 5.75 Å². The number of benzene rings is 2. The summed E-state index contributed by atoms with van der Waals surface area (Å²) < 4.78 is 3.00. The van der Waals surface area contributed by atoms with Crippen LogP contribution in [-0.4, -0.2) is 20.6 Å². The Labute approximate surface area is 155 Å². The van der Waals surface area contributed by atoms with Crippen LogP contribution >= 0.6 is 15.9 Å². The number of aromatic nitrogens is 2. The molecule has 1 aliphatic rings. The second kappa shape index (κ2) is 6.15. The van der Waals surface area contributed by atoms with Crippen LogP contribution < -0.4 is 0 Å². The van der Waals surface area contributed by atoms with Crippen LogP contribution in [0.15, 0.2) is 58.0 Å². The smallest absolute Gasteiger partial charge is 0.159 e. The van der Waals surface area contributed by atoms with Crippen LogP contribution in [0.1, 0.15) is 30.6 Å². The van der Waals surface area contributed by atoms with Gasteiger partial charge in [-0.1, -0.05) is 46.3 Å². The summed E-state index contributed by atoms with van der Waals surface area (Å²) in [6.45, 7) is 4.04. The minimum Gasteiger partial charge on any atom is -0.508 e. The Bertz CT molecular complexity index is 973. The van der Waals surface area contributed by atoms with E-state index in [4.69, 9.17) is 10.1 Å². The molecular formula is C20H18BrN3O. The predicted molar refractivity (Wildman–Crippen MR) is 104 cm³/mol. The van der Waals surface area contributed by atoms with Crippen molar-refractivity contribution in [2.45, 2.75) is 26.3 Å². The van der Waals surface area contributed by atoms with E-state index < -0.39 is 0 Å². The Morgan fingerprint density at radius 2 is 1.80 bits per heavy atom. The van der Waals surface area contributed by atoms with Crippen LogP contribution in [0.5, 0.6) is 5.75 Å². The summed E-state index contributed by atoms with van der Waals surface area (Å²) in [5.41, 5.74) is 5.00. The molecule has 126 valence electrons. The molecule has 1 aromatic heterocycles. The molecule has 0 saturated heterocycles. The molecule has 0 aliphatic carbocycles. The molecule has 0 amide bonds. The number of para-hydroxylation sites is 1. The maximum Gasteiger partial charge on any atom is 0.159 e. The minimum absolute atomic E-state index is 0.0448. The lowest BCUT2D eigenvalue weighted by atomic mass is 9.98. The quantitative estimate of drug-likeness (QED) is 0.630. The van der Waals surface area contributed by atoms with Crippen molar-refractivity contribution in [3.63, 3.8) is 0 Å². The van der Waals surface area contributed by atoms with Gasteiger partial charge in [0.25, 0.3) is 0 Å². The maximum absolute atomic E-state index is 10.3. The Kier molecular flexibility index (Phi) is 3.96. The Morgan fingerprint density at radius 1 is 1.08 bits per heavy atom. The zero-order valence-electron chi connectivity index (χ0n) is 14.1. The summed E-state index contributed by atoms with van der Waals surface area (Å²) in [6.07, 6.45) is 0.742. The van der Waals surface area contributed by atoms with E-state index in [0.717, 1.165) is 44.8 Å². The molecule has 0 radical (unpaired) electrons. The van der Waals surface area contributed by atoms with Gasteiger partial charge in [0.2, 0.25) is 0 Å². The van der Waals surface area contributed by atoms with Crippen molar-refractivity contribution >= 4 is 27.5 Å². The summed E-state index contributed by atoms with van der Waals surface area (Å²) in [6, 6.07) is 15.6. The molecule has 0 fully saturated rings. The highest BCUT2D eigenvalue weighted by molar-refractivity contribution is 9.10. The first kappa shape index (κ1) is 16.1. The molecule has 0 spiro atoms. The third-order valence-corrected chi connectivity index (χ3v) is 5.10. The predicted octanol–water partition coefficient (Wildman–Crippen LogP) is 5.41. The highest BCUT2D eigenvalue weighted by atomic mass is 79.9. The van der Waals surface area contributed by atoms with Crippen LogP contribution in [-0.2, 0) is 0 Å². The molecule has 4 nitrogen and oxygen atoms in total. The molecular weight excluding hydrogens is 378 g/mol. The molecule has 0 bridgehead atoms. The molecule has 2 heterocycles. The zero-order valence-corrected chi connectivity index (χ0v) is 15.7. The van der Waals surface area contributed by atoms with Gasteiger partial charge in [-0.2, -0.15) is 5.10 Å². The minimum atomic E-state index is -0.0448. The normalized spacial score (nSPS) is 16.4. The highest BCUT2D eigenvalue weighted by Crippen LogP contribution is 2.42. The van der Waals surface area contributed by atoms with Gasteiger partial charge in [-0.15, -0.1) is 0 Å². The molecule has 1 aliphatic heterocycles. The van der Waals surface area contributed by atoms with Crippen molar-refractivity contribution in [1.82, 2.24) is 9.78 Å². The number of hydrogen-bond donors (Lipinski definition) is 1. The molecule has 25 heavy (non-hydrogen) atoms. The number of fused-ring (bicyclic) bond motifs is 1. The maximum atomic E-state index is 10.3. The summed E-state index contributed by atoms with van der Waals surface area (Å²) in [7, 11) is 0. The number of hydrogen-bond acceptors (Lipinski definition) is 3. The Hall–Kier alpha value is -2.40. The number of rotatable bonds is 2. The van der Waals surface area contributed by atoms with Gasteiger partial charge in [0.15, 0.2) is 5.82 Å². The van der Waals surface area contributed by atoms with Gasteiger partial charge in [-0.05, 0) is 37.6 Å². The summed E-state index contributed by atoms with van der Waals surface area (Å²) >= 11 is 3.48. The second-order valence-corrected chi connectivity index (χ2v) is 7.28. The topological polar surface area (TPSA) is 50.4 Å². The fourth-order valence-electron chi connectivity index (χ4n) is 3.42. The highest BCUT2D eigenvalue weighted by Gasteiger charge is 2.29. The van der Waals surface area contributed by atoms with Crippen molar-refractivity contribution in [3.05, 3.63) is 64.3 Å². The monoisotopic (exact) mass is 395 g/mol. The van der Waals surface area contributed by atoms with Crippen molar-refractivity contribution < 1.29 is 5.11 Å². The van der Waals surface area contributed by atoms with Crippen LogP contribution in [0.3, 0.4) is 0 Å². The molecule has 1 N–H and O–H groups in total. The fraction of sp³-hybridized carbons (Fsp3) is 0.200. The van der Waals surface area contributed by atoms with E-state index in [2.05, 4.69) is 28.1 Å². The molecule has 1 atom stereocenters. The number of phenolic OH excluding ortho intramolecular Hbond substituents is 1. The van der Waals surface area contributed by atoms with Crippen LogP contribution in [0.25, 0.3) is 11.1 Å². The van der Waals surface area contributed by atoms with Crippen molar-refractivity contribution in [2.75, 3.05) is 0 Å². The van der Waals surface area contributed by atoms with E-state index in [-0.39, 0.29) is 6.04 Å². The average Bonchev–Trinajstić information content (AvgIpc) is 2.91. The first-order valence-electron chi connectivity index (χ1n) is 8.21. The van der Waals surface area contributed by atoms with E-state index in [9.17, 15) is 5.11 Å². The number of aromatic hydroxyl groups is 1. The SMILES string of the molecule is CC1=Nc2c(-c3ccc(Br)cc3)c(C)nn2C(c2ccccc2O)C1. The van der Waals surface area contributed by atoms with Crippen molar-refractivity contribution in [3.8, 4) is 16.9 Å².